The van der Waals surface area contributed by atoms with Crippen molar-refractivity contribution in [1.29, 1.82) is 0 Å². The first-order valence-electron chi connectivity index (χ1n) is 8.52. The van der Waals surface area contributed by atoms with Gasteiger partial charge < -0.3 is 14.4 Å². The molecule has 3 rings (SSSR count). The highest BCUT2D eigenvalue weighted by atomic mass is 79.9. The molecule has 142 valence electrons. The zero-order valence-corrected chi connectivity index (χ0v) is 16.4. The maximum atomic E-state index is 13.8. The highest BCUT2D eigenvalue weighted by molar-refractivity contribution is 9.10. The second kappa shape index (κ2) is 8.52. The van der Waals surface area contributed by atoms with Crippen molar-refractivity contribution in [2.24, 2.45) is 0 Å². The summed E-state index contributed by atoms with van der Waals surface area (Å²) in [7, 11) is 1.59. The first-order chi connectivity index (χ1) is 13.0. The smallest absolute Gasteiger partial charge is 0.341 e. The number of carbonyl (C=O) groups excluding carboxylic acids is 2. The molecule has 1 aliphatic rings. The number of methoxy groups -OCH3 is 1. The molecule has 1 amide bonds. The van der Waals surface area contributed by atoms with Gasteiger partial charge in [-0.05, 0) is 48.7 Å². The molecule has 7 heteroatoms. The van der Waals surface area contributed by atoms with Gasteiger partial charge in [0.1, 0.15) is 11.6 Å². The second-order valence-electron chi connectivity index (χ2n) is 6.30. The van der Waals surface area contributed by atoms with E-state index < -0.39 is 18.4 Å². The van der Waals surface area contributed by atoms with E-state index in [1.54, 1.807) is 12.0 Å². The molecule has 0 saturated heterocycles. The van der Waals surface area contributed by atoms with Gasteiger partial charge in [-0.25, -0.2) is 9.18 Å². The lowest BCUT2D eigenvalue weighted by Crippen LogP contribution is -2.36. The van der Waals surface area contributed by atoms with E-state index in [1.165, 1.54) is 18.2 Å². The third-order valence-electron chi connectivity index (χ3n) is 4.30. The van der Waals surface area contributed by atoms with Crippen LogP contribution in [0.2, 0.25) is 0 Å². The molecule has 27 heavy (non-hydrogen) atoms. The number of benzene rings is 2. The predicted molar refractivity (Wildman–Crippen MR) is 101 cm³/mol. The first kappa shape index (κ1) is 19.4. The number of ether oxygens (including phenoxy) is 2. The molecule has 0 atom stereocenters. The summed E-state index contributed by atoms with van der Waals surface area (Å²) < 4.78 is 24.5. The Kier molecular flexibility index (Phi) is 6.11. The van der Waals surface area contributed by atoms with Crippen LogP contribution in [0, 0.1) is 5.82 Å². The van der Waals surface area contributed by atoms with Crippen LogP contribution >= 0.6 is 15.9 Å². The molecule has 5 nitrogen and oxygen atoms in total. The molecule has 0 aliphatic heterocycles. The van der Waals surface area contributed by atoms with Crippen LogP contribution in [0.25, 0.3) is 0 Å². The van der Waals surface area contributed by atoms with Crippen LogP contribution in [-0.4, -0.2) is 36.5 Å². The highest BCUT2D eigenvalue weighted by Gasteiger charge is 2.33. The summed E-state index contributed by atoms with van der Waals surface area (Å²) in [5, 5.41) is 0. The van der Waals surface area contributed by atoms with Crippen molar-refractivity contribution in [3.05, 3.63) is 63.9 Å². The van der Waals surface area contributed by atoms with E-state index in [2.05, 4.69) is 15.9 Å². The number of amides is 1. The Labute approximate surface area is 165 Å². The molecule has 2 aromatic carbocycles. The van der Waals surface area contributed by atoms with Gasteiger partial charge in [0.15, 0.2) is 6.61 Å². The van der Waals surface area contributed by atoms with Crippen LogP contribution in [0.4, 0.5) is 4.39 Å². The number of rotatable bonds is 7. The second-order valence-corrected chi connectivity index (χ2v) is 7.22. The molecule has 2 aromatic rings. The predicted octanol–water partition coefficient (Wildman–Crippen LogP) is 3.94. The van der Waals surface area contributed by atoms with Crippen molar-refractivity contribution in [1.82, 2.24) is 4.90 Å². The van der Waals surface area contributed by atoms with Crippen LogP contribution in [0.3, 0.4) is 0 Å². The van der Waals surface area contributed by atoms with Gasteiger partial charge in [0.25, 0.3) is 5.91 Å². The fourth-order valence-corrected chi connectivity index (χ4v) is 3.04. The van der Waals surface area contributed by atoms with Gasteiger partial charge in [-0.2, -0.15) is 0 Å². The number of halogens is 2. The summed E-state index contributed by atoms with van der Waals surface area (Å²) in [6.07, 6.45) is 1.85. The summed E-state index contributed by atoms with van der Waals surface area (Å²) in [6.45, 7) is 0.00767. The molecule has 1 saturated carbocycles. The molecule has 0 heterocycles. The summed E-state index contributed by atoms with van der Waals surface area (Å²) in [4.78, 5) is 26.4. The minimum Gasteiger partial charge on any atom is -0.497 e. The summed E-state index contributed by atoms with van der Waals surface area (Å²) in [6, 6.07) is 11.6. The number of esters is 1. The highest BCUT2D eigenvalue weighted by Crippen LogP contribution is 2.29. The molecule has 0 aromatic heterocycles. The molecular formula is C20H19BrFNO4. The average molecular weight is 436 g/mol. The van der Waals surface area contributed by atoms with E-state index in [-0.39, 0.29) is 17.5 Å². The van der Waals surface area contributed by atoms with Gasteiger partial charge in [0.05, 0.1) is 12.7 Å². The summed E-state index contributed by atoms with van der Waals surface area (Å²) >= 11 is 3.18. The van der Waals surface area contributed by atoms with E-state index in [0.29, 0.717) is 11.0 Å². The number of hydrogen-bond donors (Lipinski definition) is 0. The van der Waals surface area contributed by atoms with Crippen molar-refractivity contribution in [3.8, 4) is 5.75 Å². The third-order valence-corrected chi connectivity index (χ3v) is 4.79. The molecule has 0 N–H and O–H groups in total. The van der Waals surface area contributed by atoms with Gasteiger partial charge in [-0.3, -0.25) is 4.79 Å². The lowest BCUT2D eigenvalue weighted by molar-refractivity contribution is -0.135. The Morgan fingerprint density at radius 2 is 1.89 bits per heavy atom. The Morgan fingerprint density at radius 1 is 1.19 bits per heavy atom. The van der Waals surface area contributed by atoms with Crippen molar-refractivity contribution < 1.29 is 23.5 Å². The maximum absolute atomic E-state index is 13.8. The third kappa shape index (κ3) is 5.07. The number of carbonyl (C=O) groups is 2. The SMILES string of the molecule is COc1ccc(CN(C(=O)COC(=O)c2cc(Br)ccc2F)C2CC2)cc1. The fraction of sp³-hybridized carbons (Fsp3) is 0.300. The van der Waals surface area contributed by atoms with Crippen LogP contribution < -0.4 is 4.74 Å². The van der Waals surface area contributed by atoms with Gasteiger partial charge in [0, 0.05) is 17.1 Å². The van der Waals surface area contributed by atoms with E-state index in [1.807, 2.05) is 24.3 Å². The van der Waals surface area contributed by atoms with E-state index in [4.69, 9.17) is 9.47 Å². The molecule has 1 aliphatic carbocycles. The van der Waals surface area contributed by atoms with Crippen LogP contribution in [0.15, 0.2) is 46.9 Å². The fourth-order valence-electron chi connectivity index (χ4n) is 2.68. The first-order valence-corrected chi connectivity index (χ1v) is 9.32. The maximum Gasteiger partial charge on any atom is 0.341 e. The van der Waals surface area contributed by atoms with E-state index in [0.717, 1.165) is 24.2 Å². The monoisotopic (exact) mass is 435 g/mol. The average Bonchev–Trinajstić information content (AvgIpc) is 3.51. The largest absolute Gasteiger partial charge is 0.497 e. The van der Waals surface area contributed by atoms with Gasteiger partial charge in [-0.1, -0.05) is 28.1 Å². The lowest BCUT2D eigenvalue weighted by atomic mass is 10.2. The standard InChI is InChI=1S/C20H19BrFNO4/c1-26-16-7-2-13(3-8-16)11-23(15-5-6-15)19(24)12-27-20(25)17-10-14(21)4-9-18(17)22/h2-4,7-10,15H,5-6,11-12H2,1H3. The zero-order chi connectivity index (χ0) is 19.4. The van der Waals surface area contributed by atoms with Gasteiger partial charge >= 0.3 is 5.97 Å². The number of hydrogen-bond acceptors (Lipinski definition) is 4. The van der Waals surface area contributed by atoms with E-state index >= 15 is 0 Å². The molecule has 0 spiro atoms. The Bertz CT molecular complexity index is 836. The quantitative estimate of drug-likeness (QED) is 0.617. The van der Waals surface area contributed by atoms with Crippen molar-refractivity contribution in [2.45, 2.75) is 25.4 Å². The Morgan fingerprint density at radius 3 is 2.52 bits per heavy atom. The van der Waals surface area contributed by atoms with Gasteiger partial charge in [-0.15, -0.1) is 0 Å². The van der Waals surface area contributed by atoms with Crippen LogP contribution in [-0.2, 0) is 16.1 Å². The molecule has 0 unspecified atom stereocenters. The zero-order valence-electron chi connectivity index (χ0n) is 14.8. The van der Waals surface area contributed by atoms with Crippen molar-refractivity contribution in [2.75, 3.05) is 13.7 Å². The molecule has 0 radical (unpaired) electrons. The Balaban J connectivity index is 1.61. The van der Waals surface area contributed by atoms with Crippen LogP contribution in [0.5, 0.6) is 5.75 Å². The minimum absolute atomic E-state index is 0.154. The molecule has 1 fully saturated rings. The summed E-state index contributed by atoms with van der Waals surface area (Å²) in [5.74, 6) is -1.10. The molecule has 0 bridgehead atoms. The normalized spacial score (nSPS) is 13.1. The Hall–Kier alpha value is -2.41. The number of nitrogens with zero attached hydrogens (tertiary/aromatic N) is 1. The lowest BCUT2D eigenvalue weighted by Gasteiger charge is -2.22. The van der Waals surface area contributed by atoms with Crippen molar-refractivity contribution in [3.63, 3.8) is 0 Å². The molecular weight excluding hydrogens is 417 g/mol. The van der Waals surface area contributed by atoms with Crippen molar-refractivity contribution >= 4 is 27.8 Å². The summed E-state index contributed by atoms with van der Waals surface area (Å²) in [5.41, 5.74) is 0.755. The van der Waals surface area contributed by atoms with Gasteiger partial charge in [0.2, 0.25) is 0 Å². The van der Waals surface area contributed by atoms with E-state index in [9.17, 15) is 14.0 Å². The topological polar surface area (TPSA) is 55.8 Å². The minimum atomic E-state index is -0.859. The van der Waals surface area contributed by atoms with Crippen LogP contribution in [0.1, 0.15) is 28.8 Å².